The van der Waals surface area contributed by atoms with Gasteiger partial charge in [-0.3, -0.25) is 0 Å². The quantitative estimate of drug-likeness (QED) is 0.910. The van der Waals surface area contributed by atoms with Crippen LogP contribution in [0.1, 0.15) is 25.3 Å². The highest BCUT2D eigenvalue weighted by molar-refractivity contribution is 5.53. The second-order valence-electron chi connectivity index (χ2n) is 6.67. The molecule has 6 heteroatoms. The van der Waals surface area contributed by atoms with Crippen LogP contribution in [0.15, 0.2) is 24.3 Å². The monoisotopic (exact) mass is 315 g/mol. The number of likely N-dealkylation sites (tertiary alicyclic amines) is 1. The summed E-state index contributed by atoms with van der Waals surface area (Å²) in [4.78, 5) is 3.81. The Kier molecular flexibility index (Phi) is 5.03. The number of aliphatic hydroxyl groups is 1. The first-order valence-corrected chi connectivity index (χ1v) is 8.35. The summed E-state index contributed by atoms with van der Waals surface area (Å²) in [5, 5.41) is 22.8. The molecule has 0 bridgehead atoms. The van der Waals surface area contributed by atoms with E-state index in [1.165, 1.54) is 23.2 Å². The van der Waals surface area contributed by atoms with Gasteiger partial charge in [0.15, 0.2) is 0 Å². The number of aliphatic hydroxyl groups excluding tert-OH is 1. The summed E-state index contributed by atoms with van der Waals surface area (Å²) in [5.41, 5.74) is 2.15. The van der Waals surface area contributed by atoms with E-state index in [9.17, 15) is 5.11 Å². The summed E-state index contributed by atoms with van der Waals surface area (Å²) >= 11 is 0. The molecule has 0 radical (unpaired) electrons. The van der Waals surface area contributed by atoms with Crippen LogP contribution in [0.4, 0.5) is 0 Å². The van der Waals surface area contributed by atoms with Crippen LogP contribution in [-0.2, 0) is 6.54 Å². The van der Waals surface area contributed by atoms with Crippen LogP contribution in [0.2, 0.25) is 0 Å². The van der Waals surface area contributed by atoms with Gasteiger partial charge in [0.1, 0.15) is 0 Å². The molecule has 1 unspecified atom stereocenters. The largest absolute Gasteiger partial charge is 0.390 e. The molecule has 1 aromatic heterocycles. The summed E-state index contributed by atoms with van der Waals surface area (Å²) in [6.07, 6.45) is 1.96. The Bertz CT molecular complexity index is 616. The average molecular weight is 315 g/mol. The SMILES string of the molecule is Cc1ccc(-c2nnn(CC(O)CN3CCC(C)CC3)n2)cc1. The van der Waals surface area contributed by atoms with Crippen molar-refractivity contribution in [1.29, 1.82) is 0 Å². The van der Waals surface area contributed by atoms with Gasteiger partial charge in [0.25, 0.3) is 0 Å². The predicted octanol–water partition coefficient (Wildman–Crippen LogP) is 1.74. The number of β-amino-alcohol motifs (C(OH)–C–C–N with tert-alkyl or cyclic N) is 1. The van der Waals surface area contributed by atoms with Crippen molar-refractivity contribution in [1.82, 2.24) is 25.1 Å². The molecule has 1 saturated heterocycles. The van der Waals surface area contributed by atoms with Gasteiger partial charge in [-0.15, -0.1) is 10.2 Å². The molecule has 0 aliphatic carbocycles. The van der Waals surface area contributed by atoms with Crippen molar-refractivity contribution in [2.75, 3.05) is 19.6 Å². The third-order valence-electron chi connectivity index (χ3n) is 4.48. The smallest absolute Gasteiger partial charge is 0.204 e. The highest BCUT2D eigenvalue weighted by Gasteiger charge is 2.19. The number of tetrazole rings is 1. The van der Waals surface area contributed by atoms with E-state index in [2.05, 4.69) is 27.2 Å². The minimum Gasteiger partial charge on any atom is -0.390 e. The molecule has 2 heterocycles. The van der Waals surface area contributed by atoms with E-state index in [1.807, 2.05) is 31.2 Å². The first kappa shape index (κ1) is 16.1. The molecule has 6 nitrogen and oxygen atoms in total. The van der Waals surface area contributed by atoms with Gasteiger partial charge in [-0.1, -0.05) is 36.8 Å². The normalized spacial score (nSPS) is 18.2. The lowest BCUT2D eigenvalue weighted by Crippen LogP contribution is -2.40. The van der Waals surface area contributed by atoms with Crippen molar-refractivity contribution in [3.05, 3.63) is 29.8 Å². The Morgan fingerprint density at radius 2 is 1.87 bits per heavy atom. The fourth-order valence-corrected chi connectivity index (χ4v) is 2.93. The maximum atomic E-state index is 10.3. The molecule has 1 N–H and O–H groups in total. The first-order valence-electron chi connectivity index (χ1n) is 8.35. The zero-order chi connectivity index (χ0) is 16.2. The fraction of sp³-hybridized carbons (Fsp3) is 0.588. The van der Waals surface area contributed by atoms with E-state index in [-0.39, 0.29) is 0 Å². The summed E-state index contributed by atoms with van der Waals surface area (Å²) in [6.45, 7) is 7.53. The standard InChI is InChI=1S/C17H25N5O/c1-13-3-5-15(6-4-13)17-18-20-22(19-17)12-16(23)11-21-9-7-14(2)8-10-21/h3-6,14,16,23H,7-12H2,1-2H3. The van der Waals surface area contributed by atoms with Crippen LogP contribution < -0.4 is 0 Å². The number of aromatic nitrogens is 4. The van der Waals surface area contributed by atoms with Crippen molar-refractivity contribution >= 4 is 0 Å². The van der Waals surface area contributed by atoms with Gasteiger partial charge in [-0.2, -0.15) is 4.80 Å². The van der Waals surface area contributed by atoms with Crippen molar-refractivity contribution in [3.8, 4) is 11.4 Å². The second-order valence-corrected chi connectivity index (χ2v) is 6.67. The highest BCUT2D eigenvalue weighted by Crippen LogP contribution is 2.16. The predicted molar refractivity (Wildman–Crippen MR) is 88.8 cm³/mol. The summed E-state index contributed by atoms with van der Waals surface area (Å²) in [5.74, 6) is 1.40. The molecule has 124 valence electrons. The van der Waals surface area contributed by atoms with Crippen LogP contribution in [0.3, 0.4) is 0 Å². The van der Waals surface area contributed by atoms with Crippen LogP contribution in [0.5, 0.6) is 0 Å². The van der Waals surface area contributed by atoms with E-state index in [0.717, 1.165) is 24.6 Å². The van der Waals surface area contributed by atoms with E-state index in [1.54, 1.807) is 0 Å². The maximum absolute atomic E-state index is 10.3. The molecule has 1 atom stereocenters. The van der Waals surface area contributed by atoms with Gasteiger partial charge < -0.3 is 10.0 Å². The minimum absolute atomic E-state index is 0.380. The average Bonchev–Trinajstić information content (AvgIpc) is 2.98. The molecule has 1 aliphatic rings. The molecule has 23 heavy (non-hydrogen) atoms. The molecule has 3 rings (SSSR count). The summed E-state index contributed by atoms with van der Waals surface area (Å²) in [7, 11) is 0. The molecule has 1 aliphatic heterocycles. The van der Waals surface area contributed by atoms with E-state index >= 15 is 0 Å². The number of benzene rings is 1. The second kappa shape index (κ2) is 7.19. The fourth-order valence-electron chi connectivity index (χ4n) is 2.93. The van der Waals surface area contributed by atoms with Crippen LogP contribution in [-0.4, -0.2) is 56.0 Å². The van der Waals surface area contributed by atoms with Gasteiger partial charge in [-0.25, -0.2) is 0 Å². The van der Waals surface area contributed by atoms with E-state index in [0.29, 0.717) is 18.9 Å². The molecule has 2 aromatic rings. The van der Waals surface area contributed by atoms with Crippen LogP contribution in [0, 0.1) is 12.8 Å². The van der Waals surface area contributed by atoms with E-state index in [4.69, 9.17) is 0 Å². The molecule has 0 saturated carbocycles. The lowest BCUT2D eigenvalue weighted by Gasteiger charge is -2.31. The Balaban J connectivity index is 1.55. The molecule has 0 amide bonds. The van der Waals surface area contributed by atoms with Gasteiger partial charge in [0.05, 0.1) is 12.6 Å². The lowest BCUT2D eigenvalue weighted by atomic mass is 9.99. The molecular formula is C17H25N5O. The number of aryl methyl sites for hydroxylation is 1. The summed E-state index contributed by atoms with van der Waals surface area (Å²) < 4.78 is 0. The number of nitrogens with zero attached hydrogens (tertiary/aromatic N) is 5. The lowest BCUT2D eigenvalue weighted by molar-refractivity contribution is 0.0743. The van der Waals surface area contributed by atoms with Crippen molar-refractivity contribution < 1.29 is 5.11 Å². The Hall–Kier alpha value is -1.79. The molecule has 1 fully saturated rings. The van der Waals surface area contributed by atoms with Crippen molar-refractivity contribution in [2.45, 2.75) is 39.3 Å². The highest BCUT2D eigenvalue weighted by atomic mass is 16.3. The zero-order valence-electron chi connectivity index (χ0n) is 13.9. The molecule has 0 spiro atoms. The molecular weight excluding hydrogens is 290 g/mol. The Labute approximate surface area is 137 Å². The zero-order valence-corrected chi connectivity index (χ0v) is 13.9. The molecule has 1 aromatic carbocycles. The number of piperidine rings is 1. The minimum atomic E-state index is -0.469. The third-order valence-corrected chi connectivity index (χ3v) is 4.48. The summed E-state index contributed by atoms with van der Waals surface area (Å²) in [6, 6.07) is 8.04. The number of rotatable bonds is 5. The first-order chi connectivity index (χ1) is 11.1. The number of hydrogen-bond donors (Lipinski definition) is 1. The maximum Gasteiger partial charge on any atom is 0.204 e. The van der Waals surface area contributed by atoms with Crippen molar-refractivity contribution in [3.63, 3.8) is 0 Å². The Morgan fingerprint density at radius 3 is 2.57 bits per heavy atom. The van der Waals surface area contributed by atoms with Crippen LogP contribution in [0.25, 0.3) is 11.4 Å². The Morgan fingerprint density at radius 1 is 1.17 bits per heavy atom. The van der Waals surface area contributed by atoms with Crippen molar-refractivity contribution in [2.24, 2.45) is 5.92 Å². The van der Waals surface area contributed by atoms with Gasteiger partial charge in [-0.05, 0) is 44.0 Å². The van der Waals surface area contributed by atoms with Gasteiger partial charge >= 0.3 is 0 Å². The van der Waals surface area contributed by atoms with Gasteiger partial charge in [0.2, 0.25) is 5.82 Å². The number of hydrogen-bond acceptors (Lipinski definition) is 5. The van der Waals surface area contributed by atoms with Gasteiger partial charge in [0, 0.05) is 12.1 Å². The van der Waals surface area contributed by atoms with E-state index < -0.39 is 6.10 Å². The topological polar surface area (TPSA) is 67.1 Å². The third kappa shape index (κ3) is 4.36. The van der Waals surface area contributed by atoms with Crippen LogP contribution >= 0.6 is 0 Å².